The standard InChI is InChI=1S/C29H36ClFN4O3/c30-25-7-1-6-24-22(25)8-10-29(24)15-26-23(18-38-29)27(35-12-3-5-21(36)9-13-35)34-28(33-26)37-17-19-4-2-11-32-16-20(31)14-19/h1,6-7,19-20,32H,2-5,8-18H2/t19-,20-,29?/m1/s1. The summed E-state index contributed by atoms with van der Waals surface area (Å²) in [5.41, 5.74) is 3.77. The number of carbonyl (C=O) groups is 1. The van der Waals surface area contributed by atoms with Crippen molar-refractivity contribution in [1.29, 1.82) is 0 Å². The molecule has 1 aliphatic carbocycles. The van der Waals surface area contributed by atoms with Crippen LogP contribution in [0.4, 0.5) is 10.2 Å². The van der Waals surface area contributed by atoms with Crippen LogP contribution in [-0.2, 0) is 34.6 Å². The lowest BCUT2D eigenvalue weighted by Crippen LogP contribution is -2.37. The molecule has 1 aromatic heterocycles. The van der Waals surface area contributed by atoms with Crippen molar-refractivity contribution in [2.45, 2.75) is 76.2 Å². The van der Waals surface area contributed by atoms with Crippen molar-refractivity contribution in [3.63, 3.8) is 0 Å². The van der Waals surface area contributed by atoms with Crippen LogP contribution in [-0.4, -0.2) is 54.7 Å². The van der Waals surface area contributed by atoms with Gasteiger partial charge in [-0.25, -0.2) is 4.39 Å². The van der Waals surface area contributed by atoms with Crippen molar-refractivity contribution in [1.82, 2.24) is 15.3 Å². The molecule has 0 bridgehead atoms. The molecule has 9 heteroatoms. The molecule has 7 nitrogen and oxygen atoms in total. The molecule has 3 aliphatic heterocycles. The van der Waals surface area contributed by atoms with Gasteiger partial charge in [-0.15, -0.1) is 0 Å². The van der Waals surface area contributed by atoms with Crippen LogP contribution < -0.4 is 15.0 Å². The van der Waals surface area contributed by atoms with E-state index in [-0.39, 0.29) is 5.92 Å². The number of rotatable bonds is 4. The minimum absolute atomic E-state index is 0.129. The van der Waals surface area contributed by atoms with Gasteiger partial charge in [-0.05, 0) is 68.2 Å². The van der Waals surface area contributed by atoms with Gasteiger partial charge in [0.2, 0.25) is 0 Å². The van der Waals surface area contributed by atoms with E-state index < -0.39 is 11.8 Å². The molecule has 2 saturated heterocycles. The van der Waals surface area contributed by atoms with E-state index >= 15 is 0 Å². The minimum atomic E-state index is -0.871. The highest BCUT2D eigenvalue weighted by atomic mass is 35.5. The molecule has 2 fully saturated rings. The van der Waals surface area contributed by atoms with Crippen LogP contribution in [0.25, 0.3) is 0 Å². The number of halogens is 2. The zero-order valence-electron chi connectivity index (χ0n) is 21.8. The van der Waals surface area contributed by atoms with E-state index in [2.05, 4.69) is 16.3 Å². The van der Waals surface area contributed by atoms with Gasteiger partial charge in [-0.3, -0.25) is 4.79 Å². The quantitative estimate of drug-likeness (QED) is 0.599. The second-order valence-corrected chi connectivity index (χ2v) is 11.6. The van der Waals surface area contributed by atoms with Crippen LogP contribution >= 0.6 is 11.6 Å². The van der Waals surface area contributed by atoms with E-state index in [0.717, 1.165) is 78.4 Å². The Labute approximate surface area is 228 Å². The molecule has 0 amide bonds. The van der Waals surface area contributed by atoms with Gasteiger partial charge in [0.1, 0.15) is 17.8 Å². The van der Waals surface area contributed by atoms with Crippen LogP contribution in [0.3, 0.4) is 0 Å². The largest absolute Gasteiger partial charge is 0.463 e. The maximum absolute atomic E-state index is 14.3. The van der Waals surface area contributed by atoms with Gasteiger partial charge in [-0.2, -0.15) is 9.97 Å². The number of ketones is 1. The highest BCUT2D eigenvalue weighted by Crippen LogP contribution is 2.48. The highest BCUT2D eigenvalue weighted by molar-refractivity contribution is 6.31. The molecule has 4 heterocycles. The maximum atomic E-state index is 14.3. The third-order valence-corrected chi connectivity index (χ3v) is 8.95. The molecule has 38 heavy (non-hydrogen) atoms. The highest BCUT2D eigenvalue weighted by Gasteiger charge is 2.45. The first-order chi connectivity index (χ1) is 18.5. The van der Waals surface area contributed by atoms with Gasteiger partial charge < -0.3 is 19.7 Å². The fourth-order valence-electron chi connectivity index (χ4n) is 6.54. The summed E-state index contributed by atoms with van der Waals surface area (Å²) in [5.74, 6) is 1.23. The molecule has 2 aromatic rings. The molecule has 6 rings (SSSR count). The summed E-state index contributed by atoms with van der Waals surface area (Å²) in [6.45, 7) is 3.43. The van der Waals surface area contributed by atoms with Crippen molar-refractivity contribution in [2.24, 2.45) is 5.92 Å². The fourth-order valence-corrected chi connectivity index (χ4v) is 6.81. The van der Waals surface area contributed by atoms with E-state index in [9.17, 15) is 9.18 Å². The predicted octanol–water partition coefficient (Wildman–Crippen LogP) is 4.71. The van der Waals surface area contributed by atoms with E-state index in [1.165, 1.54) is 0 Å². The average Bonchev–Trinajstić information content (AvgIpc) is 3.10. The smallest absolute Gasteiger partial charge is 0.318 e. The van der Waals surface area contributed by atoms with Crippen molar-refractivity contribution in [3.05, 3.63) is 45.6 Å². The Bertz CT molecular complexity index is 1200. The van der Waals surface area contributed by atoms with Crippen molar-refractivity contribution < 1.29 is 18.7 Å². The second kappa shape index (κ2) is 11.1. The lowest BCUT2D eigenvalue weighted by atomic mass is 9.87. The number of alkyl halides is 1. The molecule has 1 unspecified atom stereocenters. The van der Waals surface area contributed by atoms with E-state index in [4.69, 9.17) is 31.0 Å². The number of ether oxygens (including phenoxy) is 2. The van der Waals surface area contributed by atoms with E-state index in [0.29, 0.717) is 63.8 Å². The number of aromatic nitrogens is 2. The normalized spacial score (nSPS) is 27.8. The van der Waals surface area contributed by atoms with E-state index in [1.54, 1.807) is 0 Å². The molecular formula is C29H36ClFN4O3. The maximum Gasteiger partial charge on any atom is 0.318 e. The summed E-state index contributed by atoms with van der Waals surface area (Å²) < 4.78 is 27.2. The SMILES string of the molecule is O=C1CCCN(c2nc(OC[C@@H]3CCCNC[C@H](F)C3)nc3c2COC2(CCc4c(Cl)cccc42)C3)CC1. The lowest BCUT2D eigenvalue weighted by molar-refractivity contribution is -0.118. The van der Waals surface area contributed by atoms with Gasteiger partial charge >= 0.3 is 6.01 Å². The Morgan fingerprint density at radius 1 is 1.18 bits per heavy atom. The molecule has 204 valence electrons. The molecule has 0 saturated carbocycles. The third kappa shape index (κ3) is 5.27. The van der Waals surface area contributed by atoms with Crippen LogP contribution in [0.5, 0.6) is 6.01 Å². The number of nitrogens with one attached hydrogen (secondary N) is 1. The first kappa shape index (κ1) is 26.0. The first-order valence-electron chi connectivity index (χ1n) is 14.1. The Balaban J connectivity index is 1.30. The molecule has 4 aliphatic rings. The summed E-state index contributed by atoms with van der Waals surface area (Å²) in [7, 11) is 0. The number of nitrogens with zero attached hydrogens (tertiary/aromatic N) is 3. The number of hydrogen-bond acceptors (Lipinski definition) is 7. The summed E-state index contributed by atoms with van der Waals surface area (Å²) >= 11 is 6.53. The van der Waals surface area contributed by atoms with Crippen molar-refractivity contribution in [3.8, 4) is 6.01 Å². The van der Waals surface area contributed by atoms with Gasteiger partial charge in [0.25, 0.3) is 0 Å². The Hall–Kier alpha value is -2.29. The first-order valence-corrected chi connectivity index (χ1v) is 14.4. The van der Waals surface area contributed by atoms with Gasteiger partial charge in [-0.1, -0.05) is 23.7 Å². The zero-order valence-corrected chi connectivity index (χ0v) is 22.6. The fraction of sp³-hybridized carbons (Fsp3) is 0.621. The Morgan fingerprint density at radius 3 is 3.03 bits per heavy atom. The molecule has 3 atom stereocenters. The summed E-state index contributed by atoms with van der Waals surface area (Å²) in [6, 6.07) is 6.39. The molecule has 1 N–H and O–H groups in total. The summed E-state index contributed by atoms with van der Waals surface area (Å²) in [5, 5.41) is 3.95. The topological polar surface area (TPSA) is 76.6 Å². The van der Waals surface area contributed by atoms with Crippen LogP contribution in [0.1, 0.15) is 67.3 Å². The Kier molecular flexibility index (Phi) is 7.56. The predicted molar refractivity (Wildman–Crippen MR) is 144 cm³/mol. The minimum Gasteiger partial charge on any atom is -0.463 e. The molecule has 1 spiro atoms. The molecule has 0 radical (unpaired) electrons. The van der Waals surface area contributed by atoms with Crippen LogP contribution in [0.2, 0.25) is 5.02 Å². The van der Waals surface area contributed by atoms with Gasteiger partial charge in [0.05, 0.1) is 24.5 Å². The van der Waals surface area contributed by atoms with E-state index in [1.807, 2.05) is 12.1 Å². The molecule has 1 aromatic carbocycles. The number of benzene rings is 1. The number of anilines is 1. The summed E-state index contributed by atoms with van der Waals surface area (Å²) in [6.07, 6.45) is 5.79. The number of Topliss-reactive ketones (excluding diaryl/α,β-unsaturated/α-hetero) is 1. The Morgan fingerprint density at radius 2 is 2.11 bits per heavy atom. The van der Waals surface area contributed by atoms with Crippen LogP contribution in [0, 0.1) is 5.92 Å². The van der Waals surface area contributed by atoms with Crippen molar-refractivity contribution in [2.75, 3.05) is 37.7 Å². The zero-order chi connectivity index (χ0) is 26.1. The monoisotopic (exact) mass is 542 g/mol. The average molecular weight is 543 g/mol. The van der Waals surface area contributed by atoms with Gasteiger partial charge in [0, 0.05) is 49.5 Å². The van der Waals surface area contributed by atoms with Gasteiger partial charge in [0.15, 0.2) is 0 Å². The van der Waals surface area contributed by atoms with Crippen LogP contribution in [0.15, 0.2) is 18.2 Å². The number of hydrogen-bond donors (Lipinski definition) is 1. The number of fused-ring (bicyclic) bond motifs is 3. The molecular weight excluding hydrogens is 507 g/mol. The van der Waals surface area contributed by atoms with Crippen molar-refractivity contribution >= 4 is 23.2 Å². The third-order valence-electron chi connectivity index (χ3n) is 8.60. The number of carbonyl (C=O) groups excluding carboxylic acids is 1. The second-order valence-electron chi connectivity index (χ2n) is 11.2. The summed E-state index contributed by atoms with van der Waals surface area (Å²) in [4.78, 5) is 24.1. The lowest BCUT2D eigenvalue weighted by Gasteiger charge is -2.37.